The van der Waals surface area contributed by atoms with Gasteiger partial charge >= 0.3 is 0 Å². The Hall–Kier alpha value is -2.31. The highest BCUT2D eigenvalue weighted by Crippen LogP contribution is 2.20. The second-order valence-electron chi connectivity index (χ2n) is 6.28. The summed E-state index contributed by atoms with van der Waals surface area (Å²) in [5, 5.41) is 8.89. The van der Waals surface area contributed by atoms with Gasteiger partial charge in [0.2, 0.25) is 5.91 Å². The van der Waals surface area contributed by atoms with Gasteiger partial charge in [-0.25, -0.2) is 0 Å². The van der Waals surface area contributed by atoms with Crippen molar-refractivity contribution < 1.29 is 9.53 Å². The highest BCUT2D eigenvalue weighted by Gasteiger charge is 2.16. The highest BCUT2D eigenvalue weighted by atomic mass is 35.5. The molecular formula is C18H19ClN4O2. The molecule has 3 aromatic rings. The topological polar surface area (TPSA) is 61.1 Å². The number of carbonyl (C=O) groups is 1. The number of halogens is 1. The van der Waals surface area contributed by atoms with E-state index < -0.39 is 0 Å². The third kappa shape index (κ3) is 3.70. The SMILES string of the molecule is O=C(Cn1ccc2ccc(Cl)cc21)Nc1cnn(C[C@@H]2CCCO2)c1. The zero-order chi connectivity index (χ0) is 17.2. The van der Waals surface area contributed by atoms with Crippen LogP contribution in [-0.2, 0) is 22.6 Å². The molecule has 0 unspecified atom stereocenters. The van der Waals surface area contributed by atoms with Crippen molar-refractivity contribution in [2.24, 2.45) is 0 Å². The molecule has 1 atom stereocenters. The second-order valence-corrected chi connectivity index (χ2v) is 6.72. The molecule has 1 aliphatic heterocycles. The Labute approximate surface area is 150 Å². The van der Waals surface area contributed by atoms with E-state index in [1.54, 1.807) is 6.20 Å². The van der Waals surface area contributed by atoms with Crippen molar-refractivity contribution in [2.75, 3.05) is 11.9 Å². The van der Waals surface area contributed by atoms with Crippen molar-refractivity contribution >= 4 is 34.1 Å². The van der Waals surface area contributed by atoms with Gasteiger partial charge in [-0.1, -0.05) is 17.7 Å². The molecule has 0 spiro atoms. The Balaban J connectivity index is 1.40. The lowest BCUT2D eigenvalue weighted by molar-refractivity contribution is -0.116. The minimum Gasteiger partial charge on any atom is -0.376 e. The maximum Gasteiger partial charge on any atom is 0.244 e. The number of amides is 1. The molecule has 1 amide bonds. The first-order valence-corrected chi connectivity index (χ1v) is 8.73. The van der Waals surface area contributed by atoms with Crippen LogP contribution in [0.25, 0.3) is 10.9 Å². The van der Waals surface area contributed by atoms with Crippen molar-refractivity contribution in [3.8, 4) is 0 Å². The average Bonchev–Trinajstić information content (AvgIpc) is 3.31. The fraction of sp³-hybridized carbons (Fsp3) is 0.333. The first-order chi connectivity index (χ1) is 12.2. The fourth-order valence-corrected chi connectivity index (χ4v) is 3.34. The number of benzene rings is 1. The Morgan fingerprint density at radius 3 is 3.16 bits per heavy atom. The van der Waals surface area contributed by atoms with Gasteiger partial charge in [0.1, 0.15) is 6.54 Å². The van der Waals surface area contributed by atoms with Crippen LogP contribution >= 0.6 is 11.6 Å². The number of fused-ring (bicyclic) bond motifs is 1. The van der Waals surface area contributed by atoms with Gasteiger partial charge in [0, 0.05) is 29.5 Å². The maximum atomic E-state index is 12.3. The summed E-state index contributed by atoms with van der Waals surface area (Å²) in [7, 11) is 0. The Kier molecular flexibility index (Phi) is 4.46. The Bertz CT molecular complexity index is 896. The van der Waals surface area contributed by atoms with E-state index in [4.69, 9.17) is 16.3 Å². The number of anilines is 1. The van der Waals surface area contributed by atoms with Crippen molar-refractivity contribution in [2.45, 2.75) is 32.0 Å². The predicted octanol–water partition coefficient (Wildman–Crippen LogP) is 3.31. The van der Waals surface area contributed by atoms with Crippen molar-refractivity contribution in [1.82, 2.24) is 14.3 Å². The van der Waals surface area contributed by atoms with Gasteiger partial charge in [-0.15, -0.1) is 0 Å². The monoisotopic (exact) mass is 358 g/mol. The lowest BCUT2D eigenvalue weighted by Crippen LogP contribution is -2.18. The molecule has 1 fully saturated rings. The first-order valence-electron chi connectivity index (χ1n) is 8.36. The molecule has 0 saturated carbocycles. The Morgan fingerprint density at radius 1 is 1.40 bits per heavy atom. The van der Waals surface area contributed by atoms with E-state index in [1.807, 2.05) is 45.9 Å². The van der Waals surface area contributed by atoms with Crippen LogP contribution in [0.2, 0.25) is 5.02 Å². The zero-order valence-electron chi connectivity index (χ0n) is 13.7. The van der Waals surface area contributed by atoms with Gasteiger partial charge in [0.15, 0.2) is 0 Å². The zero-order valence-corrected chi connectivity index (χ0v) is 14.4. The van der Waals surface area contributed by atoms with E-state index in [0.29, 0.717) is 10.7 Å². The fourth-order valence-electron chi connectivity index (χ4n) is 3.18. The summed E-state index contributed by atoms with van der Waals surface area (Å²) in [6, 6.07) is 7.63. The molecule has 7 heteroatoms. The number of hydrogen-bond acceptors (Lipinski definition) is 3. The molecule has 1 saturated heterocycles. The number of rotatable bonds is 5. The lowest BCUT2D eigenvalue weighted by atomic mass is 10.2. The van der Waals surface area contributed by atoms with Gasteiger partial charge in [0.25, 0.3) is 0 Å². The largest absolute Gasteiger partial charge is 0.376 e. The minimum absolute atomic E-state index is 0.103. The molecule has 3 heterocycles. The molecule has 1 aliphatic rings. The summed E-state index contributed by atoms with van der Waals surface area (Å²) >= 11 is 6.05. The van der Waals surface area contributed by atoms with Gasteiger partial charge in [-0.05, 0) is 36.4 Å². The molecule has 1 N–H and O–H groups in total. The number of aromatic nitrogens is 3. The molecule has 2 aromatic heterocycles. The van der Waals surface area contributed by atoms with Crippen LogP contribution in [-0.4, -0.2) is 33.0 Å². The quantitative estimate of drug-likeness (QED) is 0.761. The third-order valence-electron chi connectivity index (χ3n) is 4.38. The lowest BCUT2D eigenvalue weighted by Gasteiger charge is -2.08. The van der Waals surface area contributed by atoms with Gasteiger partial charge < -0.3 is 14.6 Å². The van der Waals surface area contributed by atoms with Gasteiger partial charge in [-0.2, -0.15) is 5.10 Å². The molecule has 4 rings (SSSR count). The van der Waals surface area contributed by atoms with Crippen molar-refractivity contribution in [1.29, 1.82) is 0 Å². The van der Waals surface area contributed by atoms with Gasteiger partial charge in [-0.3, -0.25) is 9.48 Å². The predicted molar refractivity (Wildman–Crippen MR) is 96.8 cm³/mol. The second kappa shape index (κ2) is 6.90. The van der Waals surface area contributed by atoms with E-state index in [-0.39, 0.29) is 18.6 Å². The summed E-state index contributed by atoms with van der Waals surface area (Å²) < 4.78 is 9.30. The summed E-state index contributed by atoms with van der Waals surface area (Å²) in [5.74, 6) is -0.103. The Morgan fingerprint density at radius 2 is 2.32 bits per heavy atom. The van der Waals surface area contributed by atoms with Crippen LogP contribution < -0.4 is 5.32 Å². The molecule has 1 aromatic carbocycles. The molecular weight excluding hydrogens is 340 g/mol. The van der Waals surface area contributed by atoms with E-state index in [9.17, 15) is 4.79 Å². The maximum absolute atomic E-state index is 12.3. The standard InChI is InChI=1S/C18H19ClN4O2/c19-14-4-3-13-5-6-22(17(13)8-14)12-18(24)21-15-9-20-23(10-15)11-16-2-1-7-25-16/h3-6,8-10,16H,1-2,7,11-12H2,(H,21,24)/t16-/m0/s1. The first kappa shape index (κ1) is 16.2. The van der Waals surface area contributed by atoms with Crippen molar-refractivity contribution in [3.05, 3.63) is 47.9 Å². The molecule has 0 bridgehead atoms. The van der Waals surface area contributed by atoms with Crippen LogP contribution in [0.5, 0.6) is 0 Å². The number of nitrogens with zero attached hydrogens (tertiary/aromatic N) is 3. The van der Waals surface area contributed by atoms with E-state index in [2.05, 4.69) is 10.4 Å². The van der Waals surface area contributed by atoms with Crippen LogP contribution in [0.15, 0.2) is 42.9 Å². The minimum atomic E-state index is -0.103. The van der Waals surface area contributed by atoms with Crippen LogP contribution in [0.4, 0.5) is 5.69 Å². The van der Waals surface area contributed by atoms with Crippen LogP contribution in [0.3, 0.4) is 0 Å². The van der Waals surface area contributed by atoms with Gasteiger partial charge in [0.05, 0.1) is 24.5 Å². The summed E-state index contributed by atoms with van der Waals surface area (Å²) in [6.45, 7) is 1.77. The molecule has 0 aliphatic carbocycles. The van der Waals surface area contributed by atoms with E-state index in [0.717, 1.165) is 36.9 Å². The summed E-state index contributed by atoms with van der Waals surface area (Å²) in [6.07, 6.45) is 7.78. The molecule has 6 nitrogen and oxygen atoms in total. The van der Waals surface area contributed by atoms with Crippen molar-refractivity contribution in [3.63, 3.8) is 0 Å². The smallest absolute Gasteiger partial charge is 0.244 e. The number of ether oxygens (including phenoxy) is 1. The normalized spacial score (nSPS) is 17.2. The molecule has 25 heavy (non-hydrogen) atoms. The third-order valence-corrected chi connectivity index (χ3v) is 4.62. The van der Waals surface area contributed by atoms with E-state index >= 15 is 0 Å². The van der Waals surface area contributed by atoms with Crippen LogP contribution in [0.1, 0.15) is 12.8 Å². The average molecular weight is 359 g/mol. The molecule has 130 valence electrons. The number of carbonyl (C=O) groups excluding carboxylic acids is 1. The molecule has 0 radical (unpaired) electrons. The summed E-state index contributed by atoms with van der Waals surface area (Å²) in [4.78, 5) is 12.3. The van der Waals surface area contributed by atoms with E-state index in [1.165, 1.54) is 0 Å². The number of nitrogens with one attached hydrogen (secondary N) is 1. The van der Waals surface area contributed by atoms with Crippen LogP contribution in [0, 0.1) is 0 Å². The highest BCUT2D eigenvalue weighted by molar-refractivity contribution is 6.31. The summed E-state index contributed by atoms with van der Waals surface area (Å²) in [5.41, 5.74) is 1.63. The number of hydrogen-bond donors (Lipinski definition) is 1.